The van der Waals surface area contributed by atoms with Crippen molar-refractivity contribution in [3.8, 4) is 11.5 Å². The SMILES string of the molecule is COc1ccc(C(C)=NNC(=O)c2cccn2C)c(O)c1. The number of aromatic hydroxyl groups is 1. The highest BCUT2D eigenvalue weighted by Gasteiger charge is 2.09. The van der Waals surface area contributed by atoms with E-state index in [1.165, 1.54) is 13.2 Å². The summed E-state index contributed by atoms with van der Waals surface area (Å²) in [4.78, 5) is 11.9. The Labute approximate surface area is 122 Å². The van der Waals surface area contributed by atoms with Crippen LogP contribution in [0.3, 0.4) is 0 Å². The maximum atomic E-state index is 11.9. The number of phenolic OH excluding ortho intramolecular Hbond substituents is 1. The molecule has 0 atom stereocenters. The third kappa shape index (κ3) is 3.22. The zero-order valence-corrected chi connectivity index (χ0v) is 12.1. The maximum Gasteiger partial charge on any atom is 0.287 e. The van der Waals surface area contributed by atoms with Crippen molar-refractivity contribution in [2.45, 2.75) is 6.92 Å². The van der Waals surface area contributed by atoms with Crippen molar-refractivity contribution in [2.24, 2.45) is 12.1 Å². The Morgan fingerprint density at radius 2 is 2.14 bits per heavy atom. The van der Waals surface area contributed by atoms with Crippen molar-refractivity contribution < 1.29 is 14.6 Å². The van der Waals surface area contributed by atoms with Crippen LogP contribution in [0.5, 0.6) is 11.5 Å². The highest BCUT2D eigenvalue weighted by atomic mass is 16.5. The summed E-state index contributed by atoms with van der Waals surface area (Å²) in [5, 5.41) is 13.9. The third-order valence-electron chi connectivity index (χ3n) is 3.10. The topological polar surface area (TPSA) is 75.8 Å². The van der Waals surface area contributed by atoms with Crippen LogP contribution in [0.2, 0.25) is 0 Å². The molecule has 0 fully saturated rings. The molecule has 0 bridgehead atoms. The molecule has 1 aromatic heterocycles. The Balaban J connectivity index is 2.14. The molecule has 0 saturated heterocycles. The molecule has 1 heterocycles. The number of benzene rings is 1. The van der Waals surface area contributed by atoms with Gasteiger partial charge in [-0.3, -0.25) is 4.79 Å². The predicted molar refractivity (Wildman–Crippen MR) is 79.7 cm³/mol. The summed E-state index contributed by atoms with van der Waals surface area (Å²) in [5.74, 6) is 0.287. The number of hydrogen-bond donors (Lipinski definition) is 2. The van der Waals surface area contributed by atoms with Gasteiger partial charge in [-0.2, -0.15) is 5.10 Å². The van der Waals surface area contributed by atoms with Gasteiger partial charge in [0.1, 0.15) is 17.2 Å². The van der Waals surface area contributed by atoms with Crippen LogP contribution in [0.4, 0.5) is 0 Å². The number of rotatable bonds is 4. The highest BCUT2D eigenvalue weighted by Crippen LogP contribution is 2.23. The molecule has 0 aliphatic carbocycles. The molecule has 0 saturated carbocycles. The Kier molecular flexibility index (Phi) is 4.27. The molecule has 0 unspecified atom stereocenters. The van der Waals surface area contributed by atoms with E-state index in [2.05, 4.69) is 10.5 Å². The van der Waals surface area contributed by atoms with Gasteiger partial charge in [0.25, 0.3) is 5.91 Å². The van der Waals surface area contributed by atoms with Crippen LogP contribution in [0.1, 0.15) is 23.0 Å². The summed E-state index contributed by atoms with van der Waals surface area (Å²) in [7, 11) is 3.30. The first kappa shape index (κ1) is 14.6. The molecule has 6 heteroatoms. The van der Waals surface area contributed by atoms with Gasteiger partial charge in [-0.25, -0.2) is 5.43 Å². The summed E-state index contributed by atoms with van der Waals surface area (Å²) >= 11 is 0. The number of nitrogens with one attached hydrogen (secondary N) is 1. The fourth-order valence-electron chi connectivity index (χ4n) is 1.89. The lowest BCUT2D eigenvalue weighted by Crippen LogP contribution is -2.21. The number of aryl methyl sites for hydroxylation is 1. The Morgan fingerprint density at radius 1 is 1.38 bits per heavy atom. The number of phenols is 1. The summed E-state index contributed by atoms with van der Waals surface area (Å²) < 4.78 is 6.72. The van der Waals surface area contributed by atoms with Gasteiger partial charge in [0, 0.05) is 24.9 Å². The van der Waals surface area contributed by atoms with Crippen LogP contribution in [0.15, 0.2) is 41.6 Å². The second-order valence-corrected chi connectivity index (χ2v) is 4.53. The van der Waals surface area contributed by atoms with Gasteiger partial charge in [0.2, 0.25) is 0 Å². The second-order valence-electron chi connectivity index (χ2n) is 4.53. The molecule has 0 aliphatic heterocycles. The molecule has 1 amide bonds. The van der Waals surface area contributed by atoms with E-state index in [0.717, 1.165) is 0 Å². The smallest absolute Gasteiger partial charge is 0.287 e. The first-order valence-electron chi connectivity index (χ1n) is 6.36. The average Bonchev–Trinajstić information content (AvgIpc) is 2.90. The molecular weight excluding hydrogens is 270 g/mol. The number of nitrogens with zero attached hydrogens (tertiary/aromatic N) is 2. The number of hydrazone groups is 1. The van der Waals surface area contributed by atoms with E-state index >= 15 is 0 Å². The second kappa shape index (κ2) is 6.13. The van der Waals surface area contributed by atoms with Gasteiger partial charge in [0.15, 0.2) is 0 Å². The molecule has 110 valence electrons. The molecule has 2 aromatic rings. The predicted octanol–water partition coefficient (Wildman–Crippen LogP) is 1.89. The first-order chi connectivity index (χ1) is 10.0. The molecule has 0 radical (unpaired) electrons. The van der Waals surface area contributed by atoms with E-state index in [1.807, 2.05) is 0 Å². The quantitative estimate of drug-likeness (QED) is 0.666. The molecule has 2 N–H and O–H groups in total. The van der Waals surface area contributed by atoms with Crippen LogP contribution in [-0.2, 0) is 7.05 Å². The summed E-state index contributed by atoms with van der Waals surface area (Å²) in [5.41, 5.74) is 4.00. The van der Waals surface area contributed by atoms with E-state index in [9.17, 15) is 9.90 Å². The molecule has 21 heavy (non-hydrogen) atoms. The number of methoxy groups -OCH3 is 1. The molecular formula is C15H17N3O3. The van der Waals surface area contributed by atoms with E-state index in [0.29, 0.717) is 22.7 Å². The summed E-state index contributed by atoms with van der Waals surface area (Å²) in [6.45, 7) is 1.70. The monoisotopic (exact) mass is 287 g/mol. The van der Waals surface area contributed by atoms with Gasteiger partial charge in [-0.1, -0.05) is 0 Å². The van der Waals surface area contributed by atoms with Gasteiger partial charge < -0.3 is 14.4 Å². The van der Waals surface area contributed by atoms with Crippen LogP contribution < -0.4 is 10.2 Å². The number of aromatic nitrogens is 1. The van der Waals surface area contributed by atoms with Gasteiger partial charge >= 0.3 is 0 Å². The van der Waals surface area contributed by atoms with Crippen molar-refractivity contribution in [1.29, 1.82) is 0 Å². The third-order valence-corrected chi connectivity index (χ3v) is 3.10. The van der Waals surface area contributed by atoms with E-state index < -0.39 is 0 Å². The summed E-state index contributed by atoms with van der Waals surface area (Å²) in [6.07, 6.45) is 1.78. The zero-order chi connectivity index (χ0) is 15.4. The van der Waals surface area contributed by atoms with Gasteiger partial charge in [-0.15, -0.1) is 0 Å². The van der Waals surface area contributed by atoms with Crippen molar-refractivity contribution in [3.05, 3.63) is 47.8 Å². The average molecular weight is 287 g/mol. The Bertz CT molecular complexity index is 689. The number of carbonyl (C=O) groups excluding carboxylic acids is 1. The molecule has 0 spiro atoms. The van der Waals surface area contributed by atoms with Crippen molar-refractivity contribution in [2.75, 3.05) is 7.11 Å². The van der Waals surface area contributed by atoms with Crippen LogP contribution in [-0.4, -0.2) is 28.4 Å². The fourth-order valence-corrected chi connectivity index (χ4v) is 1.89. The maximum absolute atomic E-state index is 11.9. The lowest BCUT2D eigenvalue weighted by molar-refractivity contribution is 0.0946. The minimum atomic E-state index is -0.310. The number of carbonyl (C=O) groups is 1. The van der Waals surface area contributed by atoms with Crippen LogP contribution in [0.25, 0.3) is 0 Å². The fraction of sp³-hybridized carbons (Fsp3) is 0.200. The minimum absolute atomic E-state index is 0.0451. The standard InChI is InChI=1S/C15H17N3O3/c1-10(12-7-6-11(21-3)9-14(12)19)16-17-15(20)13-5-4-8-18(13)2/h4-9,19H,1-3H3,(H,17,20). The highest BCUT2D eigenvalue weighted by molar-refractivity contribution is 6.02. The van der Waals surface area contributed by atoms with Crippen molar-refractivity contribution >= 4 is 11.6 Å². The van der Waals surface area contributed by atoms with Gasteiger partial charge in [-0.05, 0) is 31.2 Å². The van der Waals surface area contributed by atoms with Crippen molar-refractivity contribution in [1.82, 2.24) is 9.99 Å². The number of amides is 1. The minimum Gasteiger partial charge on any atom is -0.507 e. The largest absolute Gasteiger partial charge is 0.507 e. The zero-order valence-electron chi connectivity index (χ0n) is 12.1. The summed E-state index contributed by atoms with van der Waals surface area (Å²) in [6, 6.07) is 8.37. The molecule has 6 nitrogen and oxygen atoms in total. The molecule has 1 aromatic carbocycles. The van der Waals surface area contributed by atoms with E-state index in [4.69, 9.17) is 4.74 Å². The number of hydrogen-bond acceptors (Lipinski definition) is 4. The lowest BCUT2D eigenvalue weighted by atomic mass is 10.1. The Morgan fingerprint density at radius 3 is 2.71 bits per heavy atom. The normalized spacial score (nSPS) is 11.3. The number of ether oxygens (including phenoxy) is 1. The molecule has 2 rings (SSSR count). The molecule has 0 aliphatic rings. The Hall–Kier alpha value is -2.76. The van der Waals surface area contributed by atoms with Crippen molar-refractivity contribution in [3.63, 3.8) is 0 Å². The lowest BCUT2D eigenvalue weighted by Gasteiger charge is -2.07. The van der Waals surface area contributed by atoms with Gasteiger partial charge in [0.05, 0.1) is 12.8 Å². The van der Waals surface area contributed by atoms with E-state index in [1.54, 1.807) is 49.0 Å². The van der Waals surface area contributed by atoms with Crippen LogP contribution >= 0.6 is 0 Å². The first-order valence-corrected chi connectivity index (χ1v) is 6.36. The van der Waals surface area contributed by atoms with Crippen LogP contribution in [0, 0.1) is 0 Å². The van der Waals surface area contributed by atoms with E-state index in [-0.39, 0.29) is 11.7 Å².